The predicted octanol–water partition coefficient (Wildman–Crippen LogP) is 11.2. The van der Waals surface area contributed by atoms with Crippen molar-refractivity contribution < 1.29 is 130 Å². The highest BCUT2D eigenvalue weighted by Gasteiger charge is 2.65. The molecular formula is C95H146N6O27S2. The van der Waals surface area contributed by atoms with Crippen LogP contribution in [-0.2, 0) is 113 Å². The van der Waals surface area contributed by atoms with Crippen LogP contribution >= 0.6 is 21.6 Å². The minimum absolute atomic E-state index is 0.00841. The number of carboxylic acid groups (broad SMARTS) is 4. The Kier molecular flexibility index (Phi) is 44.4. The van der Waals surface area contributed by atoms with E-state index in [-0.39, 0.29) is 173 Å². The largest absolute Gasteiger partial charge is 0.481 e. The van der Waals surface area contributed by atoms with Crippen LogP contribution in [0.3, 0.4) is 0 Å². The predicted molar refractivity (Wildman–Crippen MR) is 485 cm³/mol. The zero-order chi connectivity index (χ0) is 95.8. The second-order valence-electron chi connectivity index (χ2n) is 37.3. The number of ketones is 3. The van der Waals surface area contributed by atoms with Crippen LogP contribution in [0.5, 0.6) is 0 Å². The number of carbonyl (C=O) groups excluding carboxylic acids is 9. The lowest BCUT2D eigenvalue weighted by molar-refractivity contribution is -0.353. The van der Waals surface area contributed by atoms with Gasteiger partial charge in [0, 0.05) is 93.8 Å². The first-order valence-corrected chi connectivity index (χ1v) is 49.1. The Balaban J connectivity index is 0.000000357. The topological polar surface area (TPSA) is 492 Å². The molecule has 1 spiro atoms. The Morgan fingerprint density at radius 3 is 1.92 bits per heavy atom. The number of nitrogens with two attached hydrogens (primary N) is 1. The highest BCUT2D eigenvalue weighted by molar-refractivity contribution is 8.76. The summed E-state index contributed by atoms with van der Waals surface area (Å²) in [7, 11) is 4.84. The van der Waals surface area contributed by atoms with Crippen molar-refractivity contribution in [3.05, 3.63) is 71.8 Å². The Hall–Kier alpha value is -7.71. The summed E-state index contributed by atoms with van der Waals surface area (Å²) in [5, 5.41) is 60.1. The van der Waals surface area contributed by atoms with Gasteiger partial charge in [-0.3, -0.25) is 52.7 Å². The van der Waals surface area contributed by atoms with E-state index in [0.717, 1.165) is 82.3 Å². The second kappa shape index (κ2) is 52.8. The number of unbranched alkanes of at least 4 members (excludes halogenated alkanes) is 5. The fraction of sp³-hybridized carbons (Fsp3) is 0.737. The van der Waals surface area contributed by atoms with E-state index >= 15 is 0 Å². The molecule has 6 saturated heterocycles. The molecule has 0 aromatic heterocycles. The van der Waals surface area contributed by atoms with Crippen LogP contribution in [0.2, 0.25) is 0 Å². The third-order valence-electron chi connectivity index (χ3n) is 27.0. The number of nitrogens with one attached hydrogen (secondary N) is 5. The third kappa shape index (κ3) is 32.8. The molecule has 0 aliphatic carbocycles. The maximum Gasteiger partial charge on any atom is 0.326 e. The van der Waals surface area contributed by atoms with E-state index in [0.29, 0.717) is 62.4 Å². The molecule has 2 aromatic carbocycles. The Morgan fingerprint density at radius 2 is 1.31 bits per heavy atom. The number of hydrogen-bond donors (Lipinski definition) is 11. The van der Waals surface area contributed by atoms with Crippen molar-refractivity contribution in [2.24, 2.45) is 59.0 Å². The number of carbonyl (C=O) groups is 13. The van der Waals surface area contributed by atoms with E-state index in [1.165, 1.54) is 21.6 Å². The van der Waals surface area contributed by atoms with E-state index in [1.807, 2.05) is 39.0 Å². The van der Waals surface area contributed by atoms with Gasteiger partial charge in [0.1, 0.15) is 24.5 Å². The first kappa shape index (κ1) is 109. The molecule has 35 heteroatoms. The zero-order valence-corrected chi connectivity index (χ0v) is 79.7. The summed E-state index contributed by atoms with van der Waals surface area (Å²) in [6, 6.07) is 12.0. The second-order valence-corrected chi connectivity index (χ2v) is 39.9. The molecule has 8 rings (SSSR count). The first-order chi connectivity index (χ1) is 61.6. The SMILES string of the molecule is CC(=O)[C@H](CC(=O)O)NC(=O)[C@@H](N)CNC(=O)[C@@H](CC(=O)[C@H](Cc1ccccc1)NC(=O)CCCCCCCCC(=O)CC[C@H](NC(=O)N[C@@H](CCC(=O)O)OC=O)C(=O)O)Cc1ccccc1.CC[C@@H](CSSCCOC(=O)[C@H](C)C1O[C@@H](C[C@@H]2C[C@@H](OC)[C@@H](C)[C@]3(O2)O[C@@](C)(C2CC[C@@](C)([C@@H]4O[C@@H]([C@@H]5O[C@@](O)(CC)[C@H](C)C[C@@H]5C)C[C@@H]4C)O2)C[C@H]3C)CC[C@@H]1C)C(=O)O. The number of carboxylic acids is 4. The lowest BCUT2D eigenvalue weighted by atomic mass is 9.78. The normalized spacial score (nSPS) is 29.5. The van der Waals surface area contributed by atoms with Gasteiger partial charge in [0.2, 0.25) is 17.7 Å². The molecule has 2 aromatic rings. The number of amides is 5. The molecule has 130 heavy (non-hydrogen) atoms. The number of urea groups is 1. The van der Waals surface area contributed by atoms with Gasteiger partial charge in [0.25, 0.3) is 6.47 Å². The molecule has 12 N–H and O–H groups in total. The number of benzene rings is 2. The average Bonchev–Trinajstić information content (AvgIpc) is 1.56. The summed E-state index contributed by atoms with van der Waals surface area (Å²) >= 11 is 0. The molecule has 6 fully saturated rings. The van der Waals surface area contributed by atoms with Crippen LogP contribution in [-0.4, -0.2) is 237 Å². The zero-order valence-electron chi connectivity index (χ0n) is 78.1. The molecule has 6 aliphatic rings. The maximum absolute atomic E-state index is 14.0. The van der Waals surface area contributed by atoms with E-state index in [2.05, 4.69) is 86.7 Å². The number of hydrogen-bond acceptors (Lipinski definition) is 26. The van der Waals surface area contributed by atoms with Crippen molar-refractivity contribution in [2.75, 3.05) is 31.8 Å². The molecular weight excluding hydrogens is 1720 g/mol. The van der Waals surface area contributed by atoms with Gasteiger partial charge in [-0.25, -0.2) is 9.59 Å². The van der Waals surface area contributed by atoms with Crippen molar-refractivity contribution in [1.82, 2.24) is 26.6 Å². The van der Waals surface area contributed by atoms with Gasteiger partial charge in [-0.2, -0.15) is 0 Å². The van der Waals surface area contributed by atoms with Gasteiger partial charge in [-0.05, 0) is 146 Å². The average molecular weight is 1870 g/mol. The van der Waals surface area contributed by atoms with Crippen molar-refractivity contribution in [1.29, 1.82) is 0 Å². The molecule has 33 nitrogen and oxygen atoms in total. The van der Waals surface area contributed by atoms with Gasteiger partial charge in [-0.15, -0.1) is 0 Å². The minimum Gasteiger partial charge on any atom is -0.481 e. The number of aliphatic carboxylic acids is 4. The molecule has 0 saturated carbocycles. The number of rotatable bonds is 53. The number of methoxy groups -OCH3 is 1. The van der Waals surface area contributed by atoms with Crippen molar-refractivity contribution in [2.45, 2.75) is 358 Å². The van der Waals surface area contributed by atoms with Gasteiger partial charge >= 0.3 is 35.9 Å². The number of Topliss-reactive ketones (excluding diaryl/α,β-unsaturated/α-hetero) is 3. The first-order valence-electron chi connectivity index (χ1n) is 46.6. The molecule has 6 aliphatic heterocycles. The maximum atomic E-state index is 14.0. The summed E-state index contributed by atoms with van der Waals surface area (Å²) in [4.78, 5) is 159. The van der Waals surface area contributed by atoms with Crippen molar-refractivity contribution in [3.8, 4) is 0 Å². The van der Waals surface area contributed by atoms with Crippen LogP contribution in [0.1, 0.15) is 255 Å². The number of ether oxygens (including phenoxy) is 9. The van der Waals surface area contributed by atoms with Gasteiger partial charge < -0.3 is 100 Å². The summed E-state index contributed by atoms with van der Waals surface area (Å²) in [6.45, 7) is 24.4. The number of esters is 1. The summed E-state index contributed by atoms with van der Waals surface area (Å²) in [5.41, 5.74) is 6.47. The standard InChI is InChI=1S/C48H82O12S2.C47H64N6O15/c1-13-34(43(49)50)26-62-61-20-19-54-44(51)32(8)40-27(3)15-16-35(55-40)23-36-24-37(53-12)33(9)48(57-36)31(7)25-46(11,60-48)39-17-18-45(10,58-39)42-29(5)22-38(56-42)41-28(4)21-30(6)47(52,14-2)59-41;1-30(55)37(27-43(61)62)51-45(64)35(48)28-49-44(63)33(24-31-14-8-6-9-15-31)26-39(57)38(25-32-16-10-7-11-17-32)50-40(58)19-13-5-3-2-4-12-18-34(56)20-21-36(46(65)66)52-47(67)53-41(68-29-54)22-23-42(59)60/h27-42,52H,13-26H2,1-12H3,(H,49,50);6-11,14-17,29,33,35-38,41H,2-5,12-13,18-28,48H2,1H3,(H,49,63)(H,50,58)(H,51,64)(H,59,60)(H,61,62)(H,65,66)(H2,52,53,67)/t27-,28-,29-,30+,31+,32+,33+,34-,35+,36+,37+,38+,39?,40?,41+,42+,45-,46+,47-,48+;33-,35+,36+,37+,38+,41-/m01/s1. The molecule has 0 radical (unpaired) electrons. The van der Waals surface area contributed by atoms with Crippen LogP contribution in [0, 0.1) is 53.3 Å². The van der Waals surface area contributed by atoms with E-state index < -0.39 is 131 Å². The monoisotopic (exact) mass is 1870 g/mol. The van der Waals surface area contributed by atoms with Gasteiger partial charge in [0.15, 0.2) is 29.4 Å². The van der Waals surface area contributed by atoms with Crippen molar-refractivity contribution >= 4 is 99.0 Å². The molecule has 0 bridgehead atoms. The third-order valence-corrected chi connectivity index (χ3v) is 29.5. The lowest BCUT2D eigenvalue weighted by Crippen LogP contribution is -2.58. The summed E-state index contributed by atoms with van der Waals surface area (Å²) in [5.74, 6) is -9.47. The molecule has 730 valence electrons. The van der Waals surface area contributed by atoms with Crippen LogP contribution in [0.15, 0.2) is 60.7 Å². The fourth-order valence-electron chi connectivity index (χ4n) is 19.3. The van der Waals surface area contributed by atoms with Crippen LogP contribution < -0.4 is 32.3 Å². The lowest BCUT2D eigenvalue weighted by Gasteiger charge is -2.50. The fourth-order valence-corrected chi connectivity index (χ4v) is 21.6. The number of aliphatic hydroxyl groups is 1. The Morgan fingerprint density at radius 1 is 0.646 bits per heavy atom. The van der Waals surface area contributed by atoms with Gasteiger partial charge in [0.05, 0.1) is 96.8 Å². The van der Waals surface area contributed by atoms with Gasteiger partial charge in [-0.1, -0.05) is 163 Å². The van der Waals surface area contributed by atoms with Crippen LogP contribution in [0.25, 0.3) is 0 Å². The highest BCUT2D eigenvalue weighted by Crippen LogP contribution is 2.57. The van der Waals surface area contributed by atoms with E-state index in [4.69, 9.17) is 53.8 Å². The quantitative estimate of drug-likeness (QED) is 0.00963. The Bertz CT molecular complexity index is 4010. The highest BCUT2D eigenvalue weighted by atomic mass is 33.1. The summed E-state index contributed by atoms with van der Waals surface area (Å²) in [6.07, 6.45) is 9.15. The van der Waals surface area contributed by atoms with Crippen molar-refractivity contribution in [3.63, 3.8) is 0 Å². The van der Waals surface area contributed by atoms with Crippen LogP contribution in [0.4, 0.5) is 4.79 Å². The molecule has 26 atom stereocenters. The molecule has 2 unspecified atom stereocenters. The van der Waals surface area contributed by atoms with E-state index in [9.17, 15) is 77.6 Å². The Labute approximate surface area is 773 Å². The summed E-state index contributed by atoms with van der Waals surface area (Å²) < 4.78 is 58.4. The smallest absolute Gasteiger partial charge is 0.326 e. The van der Waals surface area contributed by atoms with E-state index in [1.54, 1.807) is 49.6 Å². The molecule has 5 amide bonds. The molecule has 6 heterocycles. The minimum atomic E-state index is -1.43.